The van der Waals surface area contributed by atoms with Gasteiger partial charge in [0.05, 0.1) is 36.4 Å². The van der Waals surface area contributed by atoms with E-state index in [4.69, 9.17) is 4.74 Å². The van der Waals surface area contributed by atoms with E-state index in [2.05, 4.69) is 15.5 Å². The zero-order chi connectivity index (χ0) is 18.7. The molecule has 0 bridgehead atoms. The largest absolute Gasteiger partial charge is 0.374 e. The number of H-pyrrole nitrogens is 1. The average molecular weight is 382 g/mol. The first-order chi connectivity index (χ1) is 12.3. The van der Waals surface area contributed by atoms with Gasteiger partial charge in [0.2, 0.25) is 10.0 Å². The van der Waals surface area contributed by atoms with Crippen molar-refractivity contribution in [2.75, 3.05) is 32.5 Å². The van der Waals surface area contributed by atoms with E-state index in [1.54, 1.807) is 12.1 Å². The fourth-order valence-corrected chi connectivity index (χ4v) is 3.58. The minimum absolute atomic E-state index is 0.151. The number of carbonyl (C=O) groups is 1. The molecule has 2 heterocycles. The van der Waals surface area contributed by atoms with Gasteiger partial charge in [-0.2, -0.15) is 9.40 Å². The molecule has 1 aliphatic heterocycles. The predicted molar refractivity (Wildman–Crippen MR) is 92.5 cm³/mol. The number of amides is 1. The minimum atomic E-state index is -3.30. The van der Waals surface area contributed by atoms with Crippen LogP contribution in [-0.2, 0) is 14.8 Å². The highest BCUT2D eigenvalue weighted by molar-refractivity contribution is 7.88. The fourth-order valence-electron chi connectivity index (χ4n) is 2.74. The van der Waals surface area contributed by atoms with Crippen molar-refractivity contribution in [1.82, 2.24) is 19.8 Å². The summed E-state index contributed by atoms with van der Waals surface area (Å²) in [6.45, 7) is 0.905. The molecule has 0 spiro atoms. The van der Waals surface area contributed by atoms with E-state index in [-0.39, 0.29) is 25.3 Å². The molecule has 10 heteroatoms. The molecule has 0 unspecified atom stereocenters. The van der Waals surface area contributed by atoms with Gasteiger partial charge in [-0.05, 0) is 12.1 Å². The average Bonchev–Trinajstić information content (AvgIpc) is 3.09. The van der Waals surface area contributed by atoms with Crippen molar-refractivity contribution in [3.63, 3.8) is 0 Å². The maximum Gasteiger partial charge on any atom is 0.255 e. The molecule has 2 aromatic rings. The highest BCUT2D eigenvalue weighted by Crippen LogP contribution is 2.21. The van der Waals surface area contributed by atoms with Gasteiger partial charge in [-0.3, -0.25) is 9.89 Å². The molecule has 8 nitrogen and oxygen atoms in total. The Kier molecular flexibility index (Phi) is 5.35. The maximum absolute atomic E-state index is 13.4. The molecular weight excluding hydrogens is 363 g/mol. The number of ether oxygens (including phenoxy) is 1. The molecular formula is C16H19FN4O4S. The molecule has 1 saturated heterocycles. The topological polar surface area (TPSA) is 104 Å². The number of aromatic amines is 1. The highest BCUT2D eigenvalue weighted by Gasteiger charge is 2.27. The van der Waals surface area contributed by atoms with Crippen LogP contribution in [0, 0.1) is 5.82 Å². The van der Waals surface area contributed by atoms with Gasteiger partial charge < -0.3 is 10.1 Å². The Labute approximate surface area is 150 Å². The van der Waals surface area contributed by atoms with Crippen LogP contribution in [0.4, 0.5) is 4.39 Å². The molecule has 3 rings (SSSR count). The number of hydrogen-bond donors (Lipinski definition) is 2. The number of sulfonamides is 1. The molecule has 2 N–H and O–H groups in total. The number of halogens is 1. The van der Waals surface area contributed by atoms with E-state index in [0.29, 0.717) is 17.8 Å². The number of nitrogens with one attached hydrogen (secondary N) is 2. The van der Waals surface area contributed by atoms with Crippen LogP contribution in [0.25, 0.3) is 11.3 Å². The van der Waals surface area contributed by atoms with Crippen LogP contribution in [0.5, 0.6) is 0 Å². The Morgan fingerprint density at radius 3 is 3.04 bits per heavy atom. The molecule has 26 heavy (non-hydrogen) atoms. The van der Waals surface area contributed by atoms with Crippen molar-refractivity contribution in [3.05, 3.63) is 41.8 Å². The molecule has 0 aliphatic carbocycles. The van der Waals surface area contributed by atoms with Gasteiger partial charge >= 0.3 is 0 Å². The van der Waals surface area contributed by atoms with Gasteiger partial charge in [0.1, 0.15) is 5.82 Å². The van der Waals surface area contributed by atoms with Crippen LogP contribution < -0.4 is 5.32 Å². The smallest absolute Gasteiger partial charge is 0.255 e. The number of benzene rings is 1. The Hall–Kier alpha value is -2.30. The van der Waals surface area contributed by atoms with Crippen molar-refractivity contribution >= 4 is 15.9 Å². The van der Waals surface area contributed by atoms with Gasteiger partial charge in [0.15, 0.2) is 0 Å². The first-order valence-corrected chi connectivity index (χ1v) is 9.83. The summed E-state index contributed by atoms with van der Waals surface area (Å²) >= 11 is 0. The third-order valence-corrected chi connectivity index (χ3v) is 5.33. The summed E-state index contributed by atoms with van der Waals surface area (Å²) in [5.74, 6) is -0.821. The van der Waals surface area contributed by atoms with Crippen LogP contribution in [-0.4, -0.2) is 67.4 Å². The normalized spacial score (nSPS) is 18.6. The second-order valence-electron chi connectivity index (χ2n) is 5.99. The molecule has 1 aromatic carbocycles. The second-order valence-corrected chi connectivity index (χ2v) is 7.98. The number of nitrogens with zero attached hydrogens (tertiary/aromatic N) is 2. The SMILES string of the molecule is CS(=O)(=O)N1CCO[C@H](CNC(=O)c2cn[nH]c2-c2cccc(F)c2)C1. The van der Waals surface area contributed by atoms with Crippen molar-refractivity contribution < 1.29 is 22.3 Å². The summed E-state index contributed by atoms with van der Waals surface area (Å²) in [6.07, 6.45) is 2.07. The lowest BCUT2D eigenvalue weighted by molar-refractivity contribution is 0.000442. The summed E-state index contributed by atoms with van der Waals surface area (Å²) in [4.78, 5) is 12.5. The molecule has 0 radical (unpaired) electrons. The van der Waals surface area contributed by atoms with Gasteiger partial charge in [-0.1, -0.05) is 12.1 Å². The lowest BCUT2D eigenvalue weighted by Crippen LogP contribution is -2.49. The van der Waals surface area contributed by atoms with Crippen LogP contribution in [0.3, 0.4) is 0 Å². The predicted octanol–water partition coefficient (Wildman–Crippen LogP) is 0.606. The molecule has 1 atom stereocenters. The number of hydrogen-bond acceptors (Lipinski definition) is 5. The molecule has 1 amide bonds. The molecule has 140 valence electrons. The third-order valence-electron chi connectivity index (χ3n) is 4.06. The highest BCUT2D eigenvalue weighted by atomic mass is 32.2. The molecule has 1 aliphatic rings. The number of rotatable bonds is 5. The van der Waals surface area contributed by atoms with Crippen LogP contribution in [0.1, 0.15) is 10.4 Å². The van der Waals surface area contributed by atoms with E-state index in [9.17, 15) is 17.6 Å². The van der Waals surface area contributed by atoms with E-state index in [0.717, 1.165) is 6.26 Å². The van der Waals surface area contributed by atoms with Crippen LogP contribution in [0.2, 0.25) is 0 Å². The van der Waals surface area contributed by atoms with Gasteiger partial charge in [-0.25, -0.2) is 12.8 Å². The summed E-state index contributed by atoms with van der Waals surface area (Å²) in [6, 6.07) is 5.83. The van der Waals surface area contributed by atoms with Gasteiger partial charge in [0.25, 0.3) is 5.91 Å². The lowest BCUT2D eigenvalue weighted by atomic mass is 10.1. The fraction of sp³-hybridized carbons (Fsp3) is 0.375. The first-order valence-electron chi connectivity index (χ1n) is 7.99. The van der Waals surface area contributed by atoms with Gasteiger partial charge in [-0.15, -0.1) is 0 Å². The van der Waals surface area contributed by atoms with Crippen molar-refractivity contribution in [1.29, 1.82) is 0 Å². The van der Waals surface area contributed by atoms with E-state index < -0.39 is 27.9 Å². The Bertz CT molecular complexity index is 899. The van der Waals surface area contributed by atoms with E-state index in [1.807, 2.05) is 0 Å². The second kappa shape index (κ2) is 7.52. The minimum Gasteiger partial charge on any atom is -0.374 e. The number of carbonyl (C=O) groups excluding carboxylic acids is 1. The summed E-state index contributed by atoms with van der Waals surface area (Å²) < 4.78 is 43.5. The number of morpholine rings is 1. The lowest BCUT2D eigenvalue weighted by Gasteiger charge is -2.31. The Morgan fingerprint density at radius 1 is 1.50 bits per heavy atom. The van der Waals surface area contributed by atoms with Crippen molar-refractivity contribution in [3.8, 4) is 11.3 Å². The van der Waals surface area contributed by atoms with E-state index in [1.165, 1.54) is 22.6 Å². The van der Waals surface area contributed by atoms with Crippen molar-refractivity contribution in [2.24, 2.45) is 0 Å². The number of aromatic nitrogens is 2. The summed E-state index contributed by atoms with van der Waals surface area (Å²) in [7, 11) is -3.30. The molecule has 1 aromatic heterocycles. The Morgan fingerprint density at radius 2 is 2.31 bits per heavy atom. The zero-order valence-electron chi connectivity index (χ0n) is 14.1. The zero-order valence-corrected chi connectivity index (χ0v) is 14.9. The van der Waals surface area contributed by atoms with Gasteiger partial charge in [0, 0.05) is 25.2 Å². The molecule has 0 saturated carbocycles. The van der Waals surface area contributed by atoms with Crippen LogP contribution in [0.15, 0.2) is 30.5 Å². The summed E-state index contributed by atoms with van der Waals surface area (Å²) in [5, 5.41) is 9.27. The van der Waals surface area contributed by atoms with Crippen molar-refractivity contribution in [2.45, 2.75) is 6.10 Å². The molecule has 1 fully saturated rings. The Balaban J connectivity index is 1.66. The third kappa shape index (κ3) is 4.26. The first kappa shape index (κ1) is 18.5. The quantitative estimate of drug-likeness (QED) is 0.788. The standard InChI is InChI=1S/C16H19FN4O4S/c1-26(23,24)21-5-6-25-13(10-21)8-18-16(22)14-9-19-20-15(14)11-3-2-4-12(17)7-11/h2-4,7,9,13H,5-6,8,10H2,1H3,(H,18,22)(H,19,20)/t13-/m1/s1. The van der Waals surface area contributed by atoms with Crippen LogP contribution >= 0.6 is 0 Å². The maximum atomic E-state index is 13.4. The monoisotopic (exact) mass is 382 g/mol. The van der Waals surface area contributed by atoms with E-state index >= 15 is 0 Å². The summed E-state index contributed by atoms with van der Waals surface area (Å²) in [5.41, 5.74) is 1.18.